The summed E-state index contributed by atoms with van der Waals surface area (Å²) in [5.41, 5.74) is 1.62. The fourth-order valence-corrected chi connectivity index (χ4v) is 4.53. The summed E-state index contributed by atoms with van der Waals surface area (Å²) < 4.78 is 37.4. The molecule has 3 N–H and O–H groups in total. The molecule has 1 aliphatic carbocycles. The number of carboxylic acids is 1. The number of carbonyl (C=O) groups is 2. The maximum absolute atomic E-state index is 12.6. The standard InChI is InChI=1S/C28H37N5O2.C2HF3O2/c1-4-5-18-35-23-16-12-21(13-17-23)27(34)29-19-20-10-14-22(15-11-20)30-28-31-25-9-7-6-8-24(25)26(32-28)33(2)3;3-2(4,5)1(6)7/h6-9,12-13,16-17,20,22H,4-5,10-11,14-15,18-19H2,1-3H3,(H,29,34)(H,30,31,32);(H,6,7). The van der Waals surface area contributed by atoms with Crippen molar-refractivity contribution >= 4 is 34.5 Å². The van der Waals surface area contributed by atoms with Crippen LogP contribution in [0.4, 0.5) is 24.9 Å². The van der Waals surface area contributed by atoms with Crippen LogP contribution in [-0.4, -0.2) is 66.4 Å². The number of carboxylic acid groups (broad SMARTS) is 1. The first-order valence-corrected chi connectivity index (χ1v) is 14.0. The van der Waals surface area contributed by atoms with E-state index in [0.717, 1.165) is 61.0 Å². The topological polar surface area (TPSA) is 117 Å². The van der Waals surface area contributed by atoms with Crippen molar-refractivity contribution < 1.29 is 32.6 Å². The van der Waals surface area contributed by atoms with E-state index >= 15 is 0 Å². The van der Waals surface area contributed by atoms with Crippen LogP contribution in [0, 0.1) is 5.92 Å². The van der Waals surface area contributed by atoms with E-state index < -0.39 is 12.1 Å². The first-order chi connectivity index (χ1) is 20.0. The molecule has 1 aliphatic rings. The van der Waals surface area contributed by atoms with Gasteiger partial charge in [-0.1, -0.05) is 25.5 Å². The minimum Gasteiger partial charge on any atom is -0.494 e. The van der Waals surface area contributed by atoms with E-state index in [-0.39, 0.29) is 5.91 Å². The lowest BCUT2D eigenvalue weighted by molar-refractivity contribution is -0.192. The number of nitrogens with one attached hydrogen (secondary N) is 2. The Bertz CT molecular complexity index is 1310. The maximum atomic E-state index is 12.6. The molecule has 0 unspecified atom stereocenters. The number of benzene rings is 2. The Kier molecular flexibility index (Phi) is 11.8. The number of halogens is 3. The zero-order valence-corrected chi connectivity index (χ0v) is 24.1. The van der Waals surface area contributed by atoms with Crippen LogP contribution >= 0.6 is 0 Å². The van der Waals surface area contributed by atoms with Gasteiger partial charge in [-0.05, 0) is 74.4 Å². The number of hydrogen-bond acceptors (Lipinski definition) is 7. The number of carbonyl (C=O) groups excluding carboxylic acids is 1. The normalized spacial score (nSPS) is 16.6. The molecule has 1 saturated carbocycles. The van der Waals surface area contributed by atoms with Crippen molar-refractivity contribution in [3.05, 3.63) is 54.1 Å². The number of anilines is 2. The Morgan fingerprint density at radius 3 is 2.26 bits per heavy atom. The third kappa shape index (κ3) is 9.78. The van der Waals surface area contributed by atoms with Gasteiger partial charge in [-0.2, -0.15) is 18.2 Å². The molecule has 0 saturated heterocycles. The van der Waals surface area contributed by atoms with Crippen molar-refractivity contribution in [3.63, 3.8) is 0 Å². The molecule has 12 heteroatoms. The largest absolute Gasteiger partial charge is 0.494 e. The van der Waals surface area contributed by atoms with E-state index in [2.05, 4.69) is 23.6 Å². The molecule has 3 aromatic rings. The Morgan fingerprint density at radius 1 is 1.02 bits per heavy atom. The van der Waals surface area contributed by atoms with E-state index in [1.807, 2.05) is 61.5 Å². The van der Waals surface area contributed by atoms with Gasteiger partial charge >= 0.3 is 12.1 Å². The first-order valence-electron chi connectivity index (χ1n) is 14.0. The second kappa shape index (κ2) is 15.2. The number of rotatable bonds is 10. The highest BCUT2D eigenvalue weighted by atomic mass is 19.4. The zero-order chi connectivity index (χ0) is 30.7. The van der Waals surface area contributed by atoms with Crippen molar-refractivity contribution in [3.8, 4) is 5.75 Å². The molecule has 42 heavy (non-hydrogen) atoms. The molecule has 2 aromatic carbocycles. The van der Waals surface area contributed by atoms with E-state index in [4.69, 9.17) is 24.6 Å². The molecule has 0 radical (unpaired) electrons. The number of para-hydroxylation sites is 1. The molecule has 9 nitrogen and oxygen atoms in total. The summed E-state index contributed by atoms with van der Waals surface area (Å²) >= 11 is 0. The smallest absolute Gasteiger partial charge is 0.490 e. The van der Waals surface area contributed by atoms with E-state index in [0.29, 0.717) is 36.6 Å². The predicted octanol–water partition coefficient (Wildman–Crippen LogP) is 5.91. The summed E-state index contributed by atoms with van der Waals surface area (Å²) in [4.78, 5) is 33.0. The highest BCUT2D eigenvalue weighted by Crippen LogP contribution is 2.28. The maximum Gasteiger partial charge on any atom is 0.490 e. The average Bonchev–Trinajstić information content (AvgIpc) is 2.96. The lowest BCUT2D eigenvalue weighted by Gasteiger charge is -2.29. The summed E-state index contributed by atoms with van der Waals surface area (Å²) in [7, 11) is 4.02. The van der Waals surface area contributed by atoms with Crippen LogP contribution in [0.25, 0.3) is 10.9 Å². The van der Waals surface area contributed by atoms with Crippen LogP contribution in [0.1, 0.15) is 55.8 Å². The van der Waals surface area contributed by atoms with Gasteiger partial charge < -0.3 is 25.4 Å². The summed E-state index contributed by atoms with van der Waals surface area (Å²) in [6.45, 7) is 3.56. The molecular formula is C30H38F3N5O4. The van der Waals surface area contributed by atoms with Gasteiger partial charge in [0.2, 0.25) is 5.95 Å². The van der Waals surface area contributed by atoms with Crippen molar-refractivity contribution in [2.24, 2.45) is 5.92 Å². The Labute approximate surface area is 243 Å². The van der Waals surface area contributed by atoms with Crippen LogP contribution in [0.5, 0.6) is 5.75 Å². The van der Waals surface area contributed by atoms with E-state index in [1.165, 1.54) is 0 Å². The van der Waals surface area contributed by atoms with Crippen LogP contribution in [0.3, 0.4) is 0 Å². The fraction of sp³-hybridized carbons (Fsp3) is 0.467. The minimum absolute atomic E-state index is 0.0221. The van der Waals surface area contributed by atoms with Gasteiger partial charge in [-0.15, -0.1) is 0 Å². The Hall–Kier alpha value is -4.09. The quantitative estimate of drug-likeness (QED) is 0.250. The van der Waals surface area contributed by atoms with Crippen molar-refractivity contribution in [2.45, 2.75) is 57.7 Å². The fourth-order valence-electron chi connectivity index (χ4n) is 4.53. The molecule has 1 fully saturated rings. The lowest BCUT2D eigenvalue weighted by atomic mass is 9.86. The van der Waals surface area contributed by atoms with Gasteiger partial charge in [0.05, 0.1) is 12.1 Å². The molecule has 0 atom stereocenters. The van der Waals surface area contributed by atoms with Crippen molar-refractivity contribution in [1.82, 2.24) is 15.3 Å². The number of nitrogens with zero attached hydrogens (tertiary/aromatic N) is 3. The lowest BCUT2D eigenvalue weighted by Crippen LogP contribution is -2.34. The predicted molar refractivity (Wildman–Crippen MR) is 156 cm³/mol. The minimum atomic E-state index is -5.08. The Balaban J connectivity index is 0.000000616. The van der Waals surface area contributed by atoms with Gasteiger partial charge in [-0.3, -0.25) is 4.79 Å². The van der Waals surface area contributed by atoms with Crippen LogP contribution < -0.4 is 20.3 Å². The average molecular weight is 590 g/mol. The number of aromatic nitrogens is 2. The molecule has 1 heterocycles. The number of ether oxygens (including phenoxy) is 1. The second-order valence-electron chi connectivity index (χ2n) is 10.4. The molecule has 0 spiro atoms. The number of hydrogen-bond donors (Lipinski definition) is 3. The molecule has 4 rings (SSSR count). The van der Waals surface area contributed by atoms with E-state index in [1.54, 1.807) is 0 Å². The van der Waals surface area contributed by atoms with Gasteiger partial charge in [0.15, 0.2) is 0 Å². The van der Waals surface area contributed by atoms with Gasteiger partial charge in [0.25, 0.3) is 5.91 Å². The highest BCUT2D eigenvalue weighted by Gasteiger charge is 2.38. The molecule has 0 bridgehead atoms. The zero-order valence-electron chi connectivity index (χ0n) is 24.1. The summed E-state index contributed by atoms with van der Waals surface area (Å²) in [5, 5.41) is 14.9. The van der Waals surface area contributed by atoms with Crippen LogP contribution in [0.15, 0.2) is 48.5 Å². The number of fused-ring (bicyclic) bond motifs is 1. The highest BCUT2D eigenvalue weighted by molar-refractivity contribution is 5.94. The third-order valence-corrected chi connectivity index (χ3v) is 6.86. The Morgan fingerprint density at radius 2 is 1.67 bits per heavy atom. The van der Waals surface area contributed by atoms with Gasteiger partial charge in [0, 0.05) is 37.6 Å². The number of alkyl halides is 3. The summed E-state index contributed by atoms with van der Waals surface area (Å²) in [6, 6.07) is 15.9. The summed E-state index contributed by atoms with van der Waals surface area (Å²) in [6.07, 6.45) is 1.27. The van der Waals surface area contributed by atoms with Crippen molar-refractivity contribution in [2.75, 3.05) is 37.5 Å². The molecule has 0 aliphatic heterocycles. The SMILES string of the molecule is CCCCOc1ccc(C(=O)NCC2CCC(Nc3nc(N(C)C)c4ccccc4n3)CC2)cc1.O=C(O)C(F)(F)F. The summed E-state index contributed by atoms with van der Waals surface area (Å²) in [5.74, 6) is 0.136. The third-order valence-electron chi connectivity index (χ3n) is 6.86. The monoisotopic (exact) mass is 589 g/mol. The molecule has 1 amide bonds. The second-order valence-corrected chi connectivity index (χ2v) is 10.4. The van der Waals surface area contributed by atoms with Crippen LogP contribution in [-0.2, 0) is 4.79 Å². The number of amides is 1. The van der Waals surface area contributed by atoms with Gasteiger partial charge in [-0.25, -0.2) is 9.78 Å². The van der Waals surface area contributed by atoms with Gasteiger partial charge in [0.1, 0.15) is 11.6 Å². The van der Waals surface area contributed by atoms with E-state index in [9.17, 15) is 18.0 Å². The van der Waals surface area contributed by atoms with Crippen LogP contribution in [0.2, 0.25) is 0 Å². The number of aliphatic carboxylic acids is 1. The van der Waals surface area contributed by atoms with Crippen molar-refractivity contribution in [1.29, 1.82) is 0 Å². The first kappa shape index (κ1) is 32.4. The molecular weight excluding hydrogens is 551 g/mol. The molecule has 228 valence electrons. The molecule has 1 aromatic heterocycles. The number of unbranched alkanes of at least 4 members (excludes halogenated alkanes) is 1.